The first-order chi connectivity index (χ1) is 16.6. The van der Waals surface area contributed by atoms with Crippen molar-refractivity contribution in [2.24, 2.45) is 0 Å². The van der Waals surface area contributed by atoms with E-state index in [0.29, 0.717) is 29.0 Å². The van der Waals surface area contributed by atoms with E-state index in [1.807, 2.05) is 54.6 Å². The lowest BCUT2D eigenvalue weighted by atomic mass is 10.1. The van der Waals surface area contributed by atoms with E-state index in [9.17, 15) is 9.59 Å². The van der Waals surface area contributed by atoms with Crippen LogP contribution in [0.4, 0.5) is 0 Å². The van der Waals surface area contributed by atoms with E-state index in [-0.39, 0.29) is 13.2 Å². The lowest BCUT2D eigenvalue weighted by Gasteiger charge is -2.14. The van der Waals surface area contributed by atoms with Gasteiger partial charge >= 0.3 is 5.69 Å². The highest BCUT2D eigenvalue weighted by Crippen LogP contribution is 2.23. The summed E-state index contributed by atoms with van der Waals surface area (Å²) in [6.45, 7) is 0.715. The summed E-state index contributed by atoms with van der Waals surface area (Å²) in [7, 11) is 1.53. The molecule has 0 aliphatic carbocycles. The first-order valence-electron chi connectivity index (χ1n) is 10.8. The second kappa shape index (κ2) is 8.81. The molecule has 0 aliphatic heterocycles. The van der Waals surface area contributed by atoms with E-state index in [0.717, 1.165) is 16.3 Å². The van der Waals surface area contributed by atoms with Gasteiger partial charge in [0.25, 0.3) is 5.56 Å². The van der Waals surface area contributed by atoms with Gasteiger partial charge in [0, 0.05) is 19.0 Å². The molecule has 0 unspecified atom stereocenters. The monoisotopic (exact) mass is 451 g/mol. The van der Waals surface area contributed by atoms with Crippen molar-refractivity contribution in [1.82, 2.24) is 18.7 Å². The van der Waals surface area contributed by atoms with Crippen LogP contribution in [0.5, 0.6) is 0 Å². The highest BCUT2D eigenvalue weighted by atomic mass is 16.5. The second-order valence-corrected chi connectivity index (χ2v) is 7.92. The molecule has 0 saturated carbocycles. The summed E-state index contributed by atoms with van der Waals surface area (Å²) in [5.74, 6) is 0. The molecule has 0 radical (unpaired) electrons. The van der Waals surface area contributed by atoms with Gasteiger partial charge in [-0.2, -0.15) is 5.26 Å². The van der Waals surface area contributed by atoms with Crippen molar-refractivity contribution in [2.45, 2.75) is 13.1 Å². The van der Waals surface area contributed by atoms with E-state index >= 15 is 0 Å². The van der Waals surface area contributed by atoms with Crippen LogP contribution in [-0.4, -0.2) is 32.4 Å². The molecule has 5 rings (SSSR count). The number of hydrogen-bond donors (Lipinski definition) is 0. The molecule has 3 aromatic carbocycles. The standard InChI is InChI=1S/C26H21N5O3/c1-34-14-13-30-25(32)23-24(28-17-29(23)16-19-11-9-18(15-27)10-12-19)31(26(30)33)22-8-4-6-20-5-2-3-7-21(20)22/h2-12,17H,13-14,16H2,1H3. The SMILES string of the molecule is COCCn1c(=O)c2c(ncn2Cc2ccc(C#N)cc2)n(-c2cccc3ccccc23)c1=O. The predicted molar refractivity (Wildman–Crippen MR) is 129 cm³/mol. The number of imidazole rings is 1. The van der Waals surface area contributed by atoms with E-state index in [2.05, 4.69) is 11.1 Å². The van der Waals surface area contributed by atoms with Crippen LogP contribution in [0, 0.1) is 11.3 Å². The lowest BCUT2D eigenvalue weighted by Crippen LogP contribution is -2.41. The number of rotatable bonds is 6. The molecule has 0 amide bonds. The number of methoxy groups -OCH3 is 1. The Balaban J connectivity index is 1.78. The van der Waals surface area contributed by atoms with Gasteiger partial charge in [0.2, 0.25) is 0 Å². The van der Waals surface area contributed by atoms with E-state index < -0.39 is 11.2 Å². The normalized spacial score (nSPS) is 11.2. The number of aromatic nitrogens is 4. The molecule has 0 bridgehead atoms. The van der Waals surface area contributed by atoms with Gasteiger partial charge in [0.15, 0.2) is 11.2 Å². The number of fused-ring (bicyclic) bond motifs is 2. The predicted octanol–water partition coefficient (Wildman–Crippen LogP) is 3.07. The minimum absolute atomic E-state index is 0.122. The average Bonchev–Trinajstić information content (AvgIpc) is 3.28. The molecule has 2 heterocycles. The van der Waals surface area contributed by atoms with E-state index in [4.69, 9.17) is 10.00 Å². The van der Waals surface area contributed by atoms with Gasteiger partial charge in [-0.1, -0.05) is 48.5 Å². The Bertz CT molecular complexity index is 1660. The third kappa shape index (κ3) is 3.58. The van der Waals surface area contributed by atoms with Gasteiger partial charge in [-0.3, -0.25) is 9.36 Å². The summed E-state index contributed by atoms with van der Waals surface area (Å²) in [6, 6.07) is 22.7. The molecular formula is C26H21N5O3. The van der Waals surface area contributed by atoms with Gasteiger partial charge in [0.1, 0.15) is 0 Å². The number of benzene rings is 3. The van der Waals surface area contributed by atoms with Crippen molar-refractivity contribution in [2.75, 3.05) is 13.7 Å². The van der Waals surface area contributed by atoms with E-state index in [1.165, 1.54) is 16.2 Å². The molecule has 0 N–H and O–H groups in total. The summed E-state index contributed by atoms with van der Waals surface area (Å²) >= 11 is 0. The fourth-order valence-corrected chi connectivity index (χ4v) is 4.18. The van der Waals surface area contributed by atoms with Crippen molar-refractivity contribution in [3.63, 3.8) is 0 Å². The smallest absolute Gasteiger partial charge is 0.337 e. The number of ether oxygens (including phenoxy) is 1. The maximum absolute atomic E-state index is 13.6. The molecule has 0 spiro atoms. The van der Waals surface area contributed by atoms with E-state index in [1.54, 1.807) is 23.0 Å². The number of hydrogen-bond acceptors (Lipinski definition) is 5. The Hall–Kier alpha value is -4.48. The zero-order valence-electron chi connectivity index (χ0n) is 18.5. The molecule has 0 aliphatic rings. The Morgan fingerprint density at radius 3 is 2.53 bits per heavy atom. The second-order valence-electron chi connectivity index (χ2n) is 7.92. The molecule has 2 aromatic heterocycles. The maximum Gasteiger partial charge on any atom is 0.337 e. The average molecular weight is 451 g/mol. The molecule has 0 fully saturated rings. The van der Waals surface area contributed by atoms with Gasteiger partial charge in [-0.05, 0) is 29.1 Å². The van der Waals surface area contributed by atoms with Crippen LogP contribution in [0.15, 0.2) is 82.6 Å². The summed E-state index contributed by atoms with van der Waals surface area (Å²) in [5.41, 5.74) is 1.87. The fraction of sp³-hybridized carbons (Fsp3) is 0.154. The number of nitriles is 1. The topological polar surface area (TPSA) is 94.8 Å². The Morgan fingerprint density at radius 2 is 1.76 bits per heavy atom. The highest BCUT2D eigenvalue weighted by Gasteiger charge is 2.20. The summed E-state index contributed by atoms with van der Waals surface area (Å²) in [6.07, 6.45) is 1.58. The van der Waals surface area contributed by atoms with Crippen LogP contribution < -0.4 is 11.2 Å². The first kappa shape index (κ1) is 21.4. The third-order valence-corrected chi connectivity index (χ3v) is 5.86. The maximum atomic E-state index is 13.6. The zero-order valence-corrected chi connectivity index (χ0v) is 18.5. The Morgan fingerprint density at radius 1 is 1.00 bits per heavy atom. The summed E-state index contributed by atoms with van der Waals surface area (Å²) < 4.78 is 9.60. The van der Waals surface area contributed by atoms with Crippen molar-refractivity contribution in [3.05, 3.63) is 105 Å². The Kier molecular flexibility index (Phi) is 5.54. The fourth-order valence-electron chi connectivity index (χ4n) is 4.18. The van der Waals surface area contributed by atoms with Crippen LogP contribution >= 0.6 is 0 Å². The Labute approximate surface area is 194 Å². The van der Waals surface area contributed by atoms with Crippen LogP contribution in [0.1, 0.15) is 11.1 Å². The van der Waals surface area contributed by atoms with Gasteiger partial charge in [-0.25, -0.2) is 14.3 Å². The molecule has 0 saturated heterocycles. The zero-order chi connectivity index (χ0) is 23.7. The lowest BCUT2D eigenvalue weighted by molar-refractivity contribution is 0.184. The quantitative estimate of drug-likeness (QED) is 0.395. The molecule has 0 atom stereocenters. The van der Waals surface area contributed by atoms with Crippen molar-refractivity contribution >= 4 is 21.9 Å². The van der Waals surface area contributed by atoms with Gasteiger partial charge in [0.05, 0.1) is 36.8 Å². The molecule has 168 valence electrons. The molecule has 34 heavy (non-hydrogen) atoms. The minimum Gasteiger partial charge on any atom is -0.383 e. The van der Waals surface area contributed by atoms with Crippen molar-refractivity contribution in [1.29, 1.82) is 5.26 Å². The van der Waals surface area contributed by atoms with Crippen LogP contribution in [0.2, 0.25) is 0 Å². The first-order valence-corrected chi connectivity index (χ1v) is 10.8. The van der Waals surface area contributed by atoms with Crippen molar-refractivity contribution < 1.29 is 4.74 Å². The van der Waals surface area contributed by atoms with Gasteiger partial charge < -0.3 is 9.30 Å². The molecule has 8 nitrogen and oxygen atoms in total. The van der Waals surface area contributed by atoms with Crippen LogP contribution in [-0.2, 0) is 17.8 Å². The molecular weight excluding hydrogens is 430 g/mol. The van der Waals surface area contributed by atoms with Crippen molar-refractivity contribution in [3.8, 4) is 11.8 Å². The molecule has 5 aromatic rings. The largest absolute Gasteiger partial charge is 0.383 e. The van der Waals surface area contributed by atoms with Crippen LogP contribution in [0.3, 0.4) is 0 Å². The summed E-state index contributed by atoms with van der Waals surface area (Å²) in [4.78, 5) is 31.6. The molecule has 8 heteroatoms. The minimum atomic E-state index is -0.463. The summed E-state index contributed by atoms with van der Waals surface area (Å²) in [5, 5.41) is 10.9. The highest BCUT2D eigenvalue weighted by molar-refractivity contribution is 5.91. The van der Waals surface area contributed by atoms with Gasteiger partial charge in [-0.15, -0.1) is 0 Å². The number of nitrogens with zero attached hydrogens (tertiary/aromatic N) is 5. The third-order valence-electron chi connectivity index (χ3n) is 5.86. The van der Waals surface area contributed by atoms with Crippen LogP contribution in [0.25, 0.3) is 27.6 Å².